The molecule has 1 rings (SSSR count). The van der Waals surface area contributed by atoms with Crippen molar-refractivity contribution < 1.29 is 14.7 Å². The summed E-state index contributed by atoms with van der Waals surface area (Å²) in [4.78, 5) is 22.6. The summed E-state index contributed by atoms with van der Waals surface area (Å²) in [5.41, 5.74) is 0.560. The highest BCUT2D eigenvalue weighted by atomic mass is 16.4. The van der Waals surface area contributed by atoms with Gasteiger partial charge in [0.1, 0.15) is 0 Å². The molecule has 4 nitrogen and oxygen atoms in total. The maximum Gasteiger partial charge on any atom is 0.305 e. The standard InChI is InChI=1S/C14H19NO3/c1-2-3-9-12(10-13(16)17)15-14(18)11-7-5-4-6-8-11/h4-8,12H,2-3,9-10H2,1H3,(H,15,18)(H,16,17). The SMILES string of the molecule is CCCCC(CC(=O)O)NC(=O)c1ccccc1. The molecule has 0 radical (unpaired) electrons. The van der Waals surface area contributed by atoms with Gasteiger partial charge in [-0.1, -0.05) is 38.0 Å². The zero-order chi connectivity index (χ0) is 13.4. The molecule has 0 fully saturated rings. The van der Waals surface area contributed by atoms with Crippen LogP contribution in [0.4, 0.5) is 0 Å². The molecule has 0 aliphatic carbocycles. The van der Waals surface area contributed by atoms with Gasteiger partial charge >= 0.3 is 5.97 Å². The number of hydrogen-bond acceptors (Lipinski definition) is 2. The van der Waals surface area contributed by atoms with E-state index in [2.05, 4.69) is 5.32 Å². The van der Waals surface area contributed by atoms with Gasteiger partial charge in [-0.15, -0.1) is 0 Å². The minimum atomic E-state index is -0.885. The minimum Gasteiger partial charge on any atom is -0.481 e. The van der Waals surface area contributed by atoms with Gasteiger partial charge in [0.25, 0.3) is 5.91 Å². The van der Waals surface area contributed by atoms with Gasteiger partial charge in [-0.3, -0.25) is 9.59 Å². The fourth-order valence-corrected chi connectivity index (χ4v) is 1.74. The van der Waals surface area contributed by atoms with Crippen LogP contribution in [0.5, 0.6) is 0 Å². The summed E-state index contributed by atoms with van der Waals surface area (Å²) in [7, 11) is 0. The molecule has 0 aromatic heterocycles. The molecule has 0 saturated carbocycles. The number of carboxylic acid groups (broad SMARTS) is 1. The smallest absolute Gasteiger partial charge is 0.305 e. The van der Waals surface area contributed by atoms with Gasteiger partial charge in [-0.2, -0.15) is 0 Å². The molecule has 1 unspecified atom stereocenters. The molecule has 0 bridgehead atoms. The van der Waals surface area contributed by atoms with Crippen molar-refractivity contribution in [2.45, 2.75) is 38.6 Å². The Hall–Kier alpha value is -1.84. The summed E-state index contributed by atoms with van der Waals surface area (Å²) in [6.45, 7) is 2.04. The van der Waals surface area contributed by atoms with Crippen molar-refractivity contribution in [2.24, 2.45) is 0 Å². The zero-order valence-electron chi connectivity index (χ0n) is 10.6. The summed E-state index contributed by atoms with van der Waals surface area (Å²) in [6, 6.07) is 8.54. The van der Waals surface area contributed by atoms with Crippen LogP contribution in [0.1, 0.15) is 43.0 Å². The zero-order valence-corrected chi connectivity index (χ0v) is 10.6. The van der Waals surface area contributed by atoms with Gasteiger partial charge in [0.2, 0.25) is 0 Å². The lowest BCUT2D eigenvalue weighted by molar-refractivity contribution is -0.137. The second-order valence-corrected chi connectivity index (χ2v) is 4.28. The molecule has 1 aromatic rings. The molecular formula is C14H19NO3. The van der Waals surface area contributed by atoms with E-state index in [4.69, 9.17) is 5.11 Å². The topological polar surface area (TPSA) is 66.4 Å². The Kier molecular flexibility index (Phi) is 5.91. The molecule has 18 heavy (non-hydrogen) atoms. The van der Waals surface area contributed by atoms with Crippen LogP contribution < -0.4 is 5.32 Å². The second-order valence-electron chi connectivity index (χ2n) is 4.28. The first kappa shape index (κ1) is 14.2. The van der Waals surface area contributed by atoms with E-state index in [0.717, 1.165) is 12.8 Å². The van der Waals surface area contributed by atoms with Gasteiger partial charge in [0, 0.05) is 11.6 Å². The van der Waals surface area contributed by atoms with E-state index in [9.17, 15) is 9.59 Å². The number of nitrogens with one attached hydrogen (secondary N) is 1. The van der Waals surface area contributed by atoms with Crippen molar-refractivity contribution in [1.29, 1.82) is 0 Å². The molecule has 0 saturated heterocycles. The summed E-state index contributed by atoms with van der Waals surface area (Å²) < 4.78 is 0. The molecule has 1 amide bonds. The molecule has 0 spiro atoms. The van der Waals surface area contributed by atoms with Crippen LogP contribution in [0, 0.1) is 0 Å². The van der Waals surface area contributed by atoms with Crippen molar-refractivity contribution in [2.75, 3.05) is 0 Å². The highest BCUT2D eigenvalue weighted by Crippen LogP contribution is 2.07. The summed E-state index contributed by atoms with van der Waals surface area (Å²) >= 11 is 0. The fraction of sp³-hybridized carbons (Fsp3) is 0.429. The lowest BCUT2D eigenvalue weighted by Crippen LogP contribution is -2.36. The van der Waals surface area contributed by atoms with Crippen molar-refractivity contribution in [3.8, 4) is 0 Å². The van der Waals surface area contributed by atoms with Gasteiger partial charge < -0.3 is 10.4 Å². The lowest BCUT2D eigenvalue weighted by Gasteiger charge is -2.16. The minimum absolute atomic E-state index is 0.0292. The maximum absolute atomic E-state index is 11.9. The Morgan fingerprint density at radius 1 is 1.28 bits per heavy atom. The highest BCUT2D eigenvalue weighted by Gasteiger charge is 2.16. The third kappa shape index (κ3) is 4.99. The third-order valence-electron chi connectivity index (χ3n) is 2.70. The predicted molar refractivity (Wildman–Crippen MR) is 69.5 cm³/mol. The van der Waals surface area contributed by atoms with Gasteiger partial charge in [0.15, 0.2) is 0 Å². The van der Waals surface area contributed by atoms with Crippen LogP contribution in [-0.4, -0.2) is 23.0 Å². The first-order valence-electron chi connectivity index (χ1n) is 6.21. The number of amides is 1. The Morgan fingerprint density at radius 2 is 1.94 bits per heavy atom. The molecule has 0 aliphatic heterocycles. The van der Waals surface area contributed by atoms with Crippen LogP contribution >= 0.6 is 0 Å². The molecule has 98 valence electrons. The number of carboxylic acids is 1. The average Bonchev–Trinajstić information content (AvgIpc) is 2.36. The van der Waals surface area contributed by atoms with Crippen molar-refractivity contribution in [1.82, 2.24) is 5.32 Å². The Balaban J connectivity index is 2.59. The van der Waals surface area contributed by atoms with E-state index in [0.29, 0.717) is 12.0 Å². The van der Waals surface area contributed by atoms with Crippen molar-refractivity contribution >= 4 is 11.9 Å². The van der Waals surface area contributed by atoms with Gasteiger partial charge in [-0.05, 0) is 18.6 Å². The van der Waals surface area contributed by atoms with Crippen molar-refractivity contribution in [3.63, 3.8) is 0 Å². The van der Waals surface area contributed by atoms with E-state index < -0.39 is 5.97 Å². The fourth-order valence-electron chi connectivity index (χ4n) is 1.74. The van der Waals surface area contributed by atoms with Crippen LogP contribution in [0.25, 0.3) is 0 Å². The molecule has 2 N–H and O–H groups in total. The van der Waals surface area contributed by atoms with Gasteiger partial charge in [0.05, 0.1) is 6.42 Å². The molecule has 1 atom stereocenters. The quantitative estimate of drug-likeness (QED) is 0.780. The van der Waals surface area contributed by atoms with Crippen molar-refractivity contribution in [3.05, 3.63) is 35.9 Å². The van der Waals surface area contributed by atoms with E-state index in [1.807, 2.05) is 13.0 Å². The number of rotatable bonds is 7. The molecule has 0 heterocycles. The second kappa shape index (κ2) is 7.48. The van der Waals surface area contributed by atoms with Crippen LogP contribution in [0.3, 0.4) is 0 Å². The first-order valence-corrected chi connectivity index (χ1v) is 6.21. The molecule has 4 heteroatoms. The van der Waals surface area contributed by atoms with E-state index in [-0.39, 0.29) is 18.4 Å². The normalized spacial score (nSPS) is 11.8. The highest BCUT2D eigenvalue weighted by molar-refractivity contribution is 5.94. The van der Waals surface area contributed by atoms with E-state index in [1.165, 1.54) is 0 Å². The Bertz CT molecular complexity index is 389. The number of unbranched alkanes of at least 4 members (excludes halogenated alkanes) is 1. The van der Waals surface area contributed by atoms with Gasteiger partial charge in [-0.25, -0.2) is 0 Å². The number of hydrogen-bond donors (Lipinski definition) is 2. The average molecular weight is 249 g/mol. The van der Waals surface area contributed by atoms with E-state index >= 15 is 0 Å². The lowest BCUT2D eigenvalue weighted by atomic mass is 10.1. The monoisotopic (exact) mass is 249 g/mol. The molecular weight excluding hydrogens is 230 g/mol. The maximum atomic E-state index is 11.9. The Labute approximate surface area is 107 Å². The molecule has 0 aliphatic rings. The summed E-state index contributed by atoms with van der Waals surface area (Å²) in [6.07, 6.45) is 2.56. The summed E-state index contributed by atoms with van der Waals surface area (Å²) in [5.74, 6) is -1.09. The predicted octanol–water partition coefficient (Wildman–Crippen LogP) is 2.45. The molecule has 1 aromatic carbocycles. The summed E-state index contributed by atoms with van der Waals surface area (Å²) in [5, 5.41) is 11.6. The first-order chi connectivity index (χ1) is 8.63. The van der Waals surface area contributed by atoms with Crippen LogP contribution in [-0.2, 0) is 4.79 Å². The number of carbonyl (C=O) groups excluding carboxylic acids is 1. The van der Waals surface area contributed by atoms with E-state index in [1.54, 1.807) is 24.3 Å². The number of benzene rings is 1. The third-order valence-corrected chi connectivity index (χ3v) is 2.70. The largest absolute Gasteiger partial charge is 0.481 e. The van der Waals surface area contributed by atoms with Crippen LogP contribution in [0.2, 0.25) is 0 Å². The number of carbonyl (C=O) groups is 2. The Morgan fingerprint density at radius 3 is 2.50 bits per heavy atom. The van der Waals surface area contributed by atoms with Crippen LogP contribution in [0.15, 0.2) is 30.3 Å². The number of aliphatic carboxylic acids is 1.